The molecule has 0 N–H and O–H groups in total. The van der Waals surface area contributed by atoms with Gasteiger partial charge in [0.1, 0.15) is 5.75 Å². The van der Waals surface area contributed by atoms with Gasteiger partial charge in [-0.3, -0.25) is 0 Å². The van der Waals surface area contributed by atoms with Crippen LogP contribution in [0.4, 0.5) is 0 Å². The van der Waals surface area contributed by atoms with Crippen LogP contribution < -0.4 is 4.74 Å². The third-order valence-corrected chi connectivity index (χ3v) is 8.40. The number of hydrogen-bond acceptors (Lipinski definition) is 4. The van der Waals surface area contributed by atoms with E-state index in [0.29, 0.717) is 24.6 Å². The summed E-state index contributed by atoms with van der Waals surface area (Å²) in [5, 5.41) is 0.970. The van der Waals surface area contributed by atoms with Crippen molar-refractivity contribution in [1.82, 2.24) is 4.31 Å². The van der Waals surface area contributed by atoms with Crippen molar-refractivity contribution >= 4 is 33.4 Å². The van der Waals surface area contributed by atoms with Crippen LogP contribution >= 0.6 is 23.4 Å². The third kappa shape index (κ3) is 3.48. The Morgan fingerprint density at radius 1 is 1.15 bits per heavy atom. The van der Waals surface area contributed by atoms with E-state index in [-0.39, 0.29) is 5.25 Å². The maximum atomic E-state index is 13.1. The Kier molecular flexibility index (Phi) is 5.19. The molecule has 0 radical (unpaired) electrons. The minimum Gasteiger partial charge on any atom is -0.493 e. The zero-order chi connectivity index (χ0) is 18.1. The Bertz CT molecular complexity index is 917. The van der Waals surface area contributed by atoms with Gasteiger partial charge >= 0.3 is 0 Å². The molecule has 2 aromatic carbocycles. The fourth-order valence-electron chi connectivity index (χ4n) is 3.45. The molecular weight excluding hydrogens is 390 g/mol. The molecule has 0 amide bonds. The largest absolute Gasteiger partial charge is 0.493 e. The highest BCUT2D eigenvalue weighted by atomic mass is 35.5. The molecule has 0 spiro atoms. The number of nitrogens with zero attached hydrogens (tertiary/aromatic N) is 1. The first kappa shape index (κ1) is 18.2. The number of ether oxygens (including phenoxy) is 1. The van der Waals surface area contributed by atoms with Gasteiger partial charge in [0, 0.05) is 35.5 Å². The molecule has 0 unspecified atom stereocenters. The van der Waals surface area contributed by atoms with Crippen molar-refractivity contribution in [2.75, 3.05) is 25.4 Å². The fourth-order valence-corrected chi connectivity index (χ4v) is 6.67. The van der Waals surface area contributed by atoms with Gasteiger partial charge in [-0.15, -0.1) is 0 Å². The van der Waals surface area contributed by atoms with Gasteiger partial charge in [0.2, 0.25) is 10.0 Å². The maximum absolute atomic E-state index is 13.1. The van der Waals surface area contributed by atoms with E-state index in [1.54, 1.807) is 34.3 Å². The van der Waals surface area contributed by atoms with Crippen molar-refractivity contribution in [2.45, 2.75) is 23.0 Å². The predicted octanol–water partition coefficient (Wildman–Crippen LogP) is 4.14. The molecule has 2 aromatic rings. The summed E-state index contributed by atoms with van der Waals surface area (Å²) in [6.07, 6.45) is 1.52. The first-order valence-corrected chi connectivity index (χ1v) is 11.5. The molecule has 4 nitrogen and oxygen atoms in total. The molecule has 1 fully saturated rings. The average Bonchev–Trinajstić information content (AvgIpc) is 2.97. The van der Waals surface area contributed by atoms with Crippen molar-refractivity contribution in [3.05, 3.63) is 58.6 Å². The van der Waals surface area contributed by atoms with Crippen LogP contribution in [0.15, 0.2) is 47.4 Å². The molecule has 2 heterocycles. The maximum Gasteiger partial charge on any atom is 0.243 e. The summed E-state index contributed by atoms with van der Waals surface area (Å²) in [5.74, 6) is 1.55. The van der Waals surface area contributed by atoms with Gasteiger partial charge in [-0.05, 0) is 41.8 Å². The second-order valence-corrected chi connectivity index (χ2v) is 10.1. The zero-order valence-corrected chi connectivity index (χ0v) is 16.6. The molecular formula is C19H20ClNO3S2. The Morgan fingerprint density at radius 3 is 2.85 bits per heavy atom. The lowest BCUT2D eigenvalue weighted by Crippen LogP contribution is -2.33. The van der Waals surface area contributed by atoms with E-state index in [2.05, 4.69) is 0 Å². The second-order valence-electron chi connectivity index (χ2n) is 6.44. The summed E-state index contributed by atoms with van der Waals surface area (Å²) in [6.45, 7) is 1.64. The molecule has 1 atom stereocenters. The van der Waals surface area contributed by atoms with E-state index in [1.165, 1.54) is 0 Å². The monoisotopic (exact) mass is 409 g/mol. The Balaban J connectivity index is 1.54. The SMILES string of the molecule is O=S(=O)(c1ccc2c(c1)CCO2)N1CCS[C@H](c2ccccc2Cl)CC1. The minimum absolute atomic E-state index is 0.220. The van der Waals surface area contributed by atoms with Gasteiger partial charge in [0.15, 0.2) is 0 Å². The quantitative estimate of drug-likeness (QED) is 0.764. The number of rotatable bonds is 3. The van der Waals surface area contributed by atoms with Crippen LogP contribution in [0.2, 0.25) is 5.02 Å². The highest BCUT2D eigenvalue weighted by Crippen LogP contribution is 2.39. The third-order valence-electron chi connectivity index (χ3n) is 4.85. The normalized spacial score (nSPS) is 21.0. The lowest BCUT2D eigenvalue weighted by atomic mass is 10.1. The standard InChI is InChI=1S/C19H20ClNO3S2/c20-17-4-2-1-3-16(17)19-7-9-21(10-12-25-19)26(22,23)15-5-6-18-14(13-15)8-11-24-18/h1-6,13,19H,7-12H2/t19-/m0/s1. The van der Waals surface area contributed by atoms with E-state index in [0.717, 1.165) is 40.5 Å². The van der Waals surface area contributed by atoms with Crippen molar-refractivity contribution in [3.63, 3.8) is 0 Å². The Morgan fingerprint density at radius 2 is 2.00 bits per heavy atom. The van der Waals surface area contributed by atoms with Crippen LogP contribution in [-0.2, 0) is 16.4 Å². The van der Waals surface area contributed by atoms with Gasteiger partial charge in [-0.1, -0.05) is 29.8 Å². The highest BCUT2D eigenvalue weighted by Gasteiger charge is 2.30. The fraction of sp³-hybridized carbons (Fsp3) is 0.368. The predicted molar refractivity (Wildman–Crippen MR) is 106 cm³/mol. The number of hydrogen-bond donors (Lipinski definition) is 0. The van der Waals surface area contributed by atoms with Crippen LogP contribution in [0.1, 0.15) is 22.8 Å². The van der Waals surface area contributed by atoms with E-state index < -0.39 is 10.0 Å². The van der Waals surface area contributed by atoms with Gasteiger partial charge < -0.3 is 4.74 Å². The van der Waals surface area contributed by atoms with Gasteiger partial charge in [-0.2, -0.15) is 16.1 Å². The molecule has 0 saturated carbocycles. The van der Waals surface area contributed by atoms with Crippen LogP contribution in [-0.4, -0.2) is 38.2 Å². The molecule has 2 aliphatic rings. The molecule has 0 bridgehead atoms. The van der Waals surface area contributed by atoms with Crippen molar-refractivity contribution < 1.29 is 13.2 Å². The van der Waals surface area contributed by atoms with Crippen LogP contribution in [0, 0.1) is 0 Å². The lowest BCUT2D eigenvalue weighted by Gasteiger charge is -2.20. The van der Waals surface area contributed by atoms with Crippen LogP contribution in [0.25, 0.3) is 0 Å². The summed E-state index contributed by atoms with van der Waals surface area (Å²) < 4.78 is 33.3. The first-order valence-electron chi connectivity index (χ1n) is 8.67. The minimum atomic E-state index is -3.49. The van der Waals surface area contributed by atoms with Gasteiger partial charge in [0.25, 0.3) is 0 Å². The number of benzene rings is 2. The van der Waals surface area contributed by atoms with E-state index in [9.17, 15) is 8.42 Å². The van der Waals surface area contributed by atoms with Crippen LogP contribution in [0.3, 0.4) is 0 Å². The smallest absolute Gasteiger partial charge is 0.243 e. The molecule has 7 heteroatoms. The van der Waals surface area contributed by atoms with Crippen molar-refractivity contribution in [1.29, 1.82) is 0 Å². The molecule has 0 aliphatic carbocycles. The van der Waals surface area contributed by atoms with E-state index in [4.69, 9.17) is 16.3 Å². The zero-order valence-electron chi connectivity index (χ0n) is 14.2. The number of sulfonamides is 1. The Labute approximate surface area is 163 Å². The summed E-state index contributed by atoms with van der Waals surface area (Å²) >= 11 is 8.11. The average molecular weight is 410 g/mol. The van der Waals surface area contributed by atoms with E-state index >= 15 is 0 Å². The topological polar surface area (TPSA) is 46.6 Å². The first-order chi connectivity index (χ1) is 12.6. The van der Waals surface area contributed by atoms with Crippen molar-refractivity contribution in [2.24, 2.45) is 0 Å². The second kappa shape index (κ2) is 7.43. The lowest BCUT2D eigenvalue weighted by molar-refractivity contribution is 0.356. The molecule has 0 aromatic heterocycles. The van der Waals surface area contributed by atoms with Crippen molar-refractivity contribution in [3.8, 4) is 5.75 Å². The Hall–Kier alpha value is -1.21. The number of halogens is 1. The van der Waals surface area contributed by atoms with Gasteiger partial charge in [0.05, 0.1) is 11.5 Å². The molecule has 138 valence electrons. The summed E-state index contributed by atoms with van der Waals surface area (Å²) in [5.41, 5.74) is 2.07. The number of thioether (sulfide) groups is 1. The molecule has 4 rings (SSSR count). The molecule has 2 aliphatic heterocycles. The van der Waals surface area contributed by atoms with E-state index in [1.807, 2.05) is 24.3 Å². The highest BCUT2D eigenvalue weighted by molar-refractivity contribution is 7.99. The van der Waals surface area contributed by atoms with Gasteiger partial charge in [-0.25, -0.2) is 8.42 Å². The summed E-state index contributed by atoms with van der Waals surface area (Å²) in [6, 6.07) is 13.0. The summed E-state index contributed by atoms with van der Waals surface area (Å²) in [4.78, 5) is 0.364. The molecule has 26 heavy (non-hydrogen) atoms. The summed E-state index contributed by atoms with van der Waals surface area (Å²) in [7, 11) is -3.49. The molecule has 1 saturated heterocycles. The van der Waals surface area contributed by atoms with Crippen LogP contribution in [0.5, 0.6) is 5.75 Å². The number of fused-ring (bicyclic) bond motifs is 1.